The van der Waals surface area contributed by atoms with Crippen molar-refractivity contribution in [2.24, 2.45) is 10.2 Å². The van der Waals surface area contributed by atoms with Crippen LogP contribution in [0.3, 0.4) is 0 Å². The van der Waals surface area contributed by atoms with E-state index >= 15 is 0 Å². The summed E-state index contributed by atoms with van der Waals surface area (Å²) in [7, 11) is 3.14. The van der Waals surface area contributed by atoms with Gasteiger partial charge in [0.15, 0.2) is 16.7 Å². The summed E-state index contributed by atoms with van der Waals surface area (Å²) >= 11 is 1.32. The third-order valence-corrected chi connectivity index (χ3v) is 5.50. The molecule has 1 heterocycles. The zero-order valence-electron chi connectivity index (χ0n) is 17.5. The van der Waals surface area contributed by atoms with Crippen LogP contribution in [0.15, 0.2) is 52.7 Å². The van der Waals surface area contributed by atoms with Crippen molar-refractivity contribution >= 4 is 35.0 Å². The van der Waals surface area contributed by atoms with Crippen LogP contribution in [0.25, 0.3) is 0 Å². The lowest BCUT2D eigenvalue weighted by Gasteiger charge is -2.07. The van der Waals surface area contributed by atoms with Crippen molar-refractivity contribution in [2.75, 3.05) is 20.8 Å². The Labute approximate surface area is 184 Å². The maximum absolute atomic E-state index is 12.3. The lowest BCUT2D eigenvalue weighted by Crippen LogP contribution is -2.25. The molecule has 9 heteroatoms. The summed E-state index contributed by atoms with van der Waals surface area (Å²) < 4.78 is 15.4. The largest absolute Gasteiger partial charge is 0.493 e. The summed E-state index contributed by atoms with van der Waals surface area (Å²) in [4.78, 5) is 24.0. The predicted molar refractivity (Wildman–Crippen MR) is 120 cm³/mol. The average Bonchev–Trinajstić information content (AvgIpc) is 3.13. The molecule has 0 spiro atoms. The number of ether oxygens (including phenoxy) is 3. The predicted octanol–water partition coefficient (Wildman–Crippen LogP) is 3.04. The van der Waals surface area contributed by atoms with E-state index in [1.54, 1.807) is 51.6 Å². The van der Waals surface area contributed by atoms with Crippen molar-refractivity contribution in [1.29, 1.82) is 0 Å². The smallest absolute Gasteiger partial charge is 0.338 e. The molecule has 0 saturated carbocycles. The SMILES string of the molecule is CCOC(=O)c1ccc(C[C@@H]2S/C(=N\N=C/c3ccc(OC)c(OC)c3)NC2=O)cc1. The standard InChI is InChI=1S/C22H23N3O5S/c1-4-30-21(27)16-8-5-14(6-9-16)12-19-20(26)24-22(31-19)25-23-13-15-7-10-17(28-2)18(11-15)29-3/h5-11,13,19H,4,12H2,1-3H3,(H,24,25,26)/b23-13-/t19-/m0/s1. The van der Waals surface area contributed by atoms with Crippen LogP contribution in [0.4, 0.5) is 0 Å². The first-order valence-corrected chi connectivity index (χ1v) is 10.5. The minimum absolute atomic E-state index is 0.125. The van der Waals surface area contributed by atoms with E-state index in [9.17, 15) is 9.59 Å². The van der Waals surface area contributed by atoms with Gasteiger partial charge in [-0.3, -0.25) is 4.79 Å². The van der Waals surface area contributed by atoms with Gasteiger partial charge in [0.2, 0.25) is 5.91 Å². The zero-order chi connectivity index (χ0) is 22.2. The van der Waals surface area contributed by atoms with E-state index in [-0.39, 0.29) is 17.1 Å². The molecule has 0 aromatic heterocycles. The number of amidine groups is 1. The van der Waals surface area contributed by atoms with Crippen LogP contribution in [0.2, 0.25) is 0 Å². The number of esters is 1. The van der Waals surface area contributed by atoms with Gasteiger partial charge >= 0.3 is 5.97 Å². The number of hydrogen-bond acceptors (Lipinski definition) is 8. The molecule has 8 nitrogen and oxygen atoms in total. The van der Waals surface area contributed by atoms with Gasteiger partial charge in [-0.1, -0.05) is 23.9 Å². The zero-order valence-corrected chi connectivity index (χ0v) is 18.3. The van der Waals surface area contributed by atoms with E-state index in [0.29, 0.717) is 35.3 Å². The number of hydrogen-bond donors (Lipinski definition) is 1. The van der Waals surface area contributed by atoms with Gasteiger partial charge in [0, 0.05) is 0 Å². The number of amides is 1. The summed E-state index contributed by atoms with van der Waals surface area (Å²) in [5.41, 5.74) is 2.21. The Bertz CT molecular complexity index is 1000. The van der Waals surface area contributed by atoms with Gasteiger partial charge in [0.1, 0.15) is 0 Å². The van der Waals surface area contributed by atoms with Crippen molar-refractivity contribution in [3.63, 3.8) is 0 Å². The van der Waals surface area contributed by atoms with Gasteiger partial charge in [-0.25, -0.2) is 4.79 Å². The first-order valence-electron chi connectivity index (χ1n) is 9.60. The molecule has 0 bridgehead atoms. The Hall–Kier alpha value is -3.33. The Morgan fingerprint density at radius 2 is 1.87 bits per heavy atom. The van der Waals surface area contributed by atoms with Crippen LogP contribution >= 0.6 is 11.8 Å². The summed E-state index contributed by atoms with van der Waals surface area (Å²) in [5, 5.41) is 11.0. The third kappa shape index (κ3) is 5.85. The van der Waals surface area contributed by atoms with E-state index < -0.39 is 0 Å². The molecule has 2 aromatic carbocycles. The minimum atomic E-state index is -0.358. The lowest BCUT2D eigenvalue weighted by atomic mass is 10.1. The summed E-state index contributed by atoms with van der Waals surface area (Å²) in [5.74, 6) is 0.739. The molecule has 1 saturated heterocycles. The van der Waals surface area contributed by atoms with Gasteiger partial charge < -0.3 is 19.5 Å². The summed E-state index contributed by atoms with van der Waals surface area (Å²) in [6.07, 6.45) is 2.08. The van der Waals surface area contributed by atoms with Gasteiger partial charge in [-0.15, -0.1) is 5.10 Å². The molecule has 162 valence electrons. The molecule has 31 heavy (non-hydrogen) atoms. The Morgan fingerprint density at radius 1 is 1.13 bits per heavy atom. The second kappa shape index (κ2) is 10.6. The molecule has 1 amide bonds. The molecule has 1 aliphatic heterocycles. The second-order valence-corrected chi connectivity index (χ2v) is 7.67. The molecule has 0 aliphatic carbocycles. The lowest BCUT2D eigenvalue weighted by molar-refractivity contribution is -0.118. The number of nitrogens with one attached hydrogen (secondary N) is 1. The van der Waals surface area contributed by atoms with Crippen molar-refractivity contribution in [1.82, 2.24) is 5.32 Å². The highest BCUT2D eigenvalue weighted by Gasteiger charge is 2.30. The number of thioether (sulfide) groups is 1. The van der Waals surface area contributed by atoms with Gasteiger partial charge in [0.25, 0.3) is 0 Å². The molecule has 1 fully saturated rings. The molecule has 0 radical (unpaired) electrons. The normalized spacial score (nSPS) is 17.1. The van der Waals surface area contributed by atoms with Gasteiger partial charge in [-0.2, -0.15) is 5.10 Å². The number of carbonyl (C=O) groups is 2. The minimum Gasteiger partial charge on any atom is -0.493 e. The van der Waals surface area contributed by atoms with Crippen LogP contribution in [0.1, 0.15) is 28.4 Å². The quantitative estimate of drug-likeness (QED) is 0.384. The van der Waals surface area contributed by atoms with Crippen LogP contribution in [-0.2, 0) is 16.0 Å². The number of rotatable bonds is 8. The maximum atomic E-state index is 12.3. The maximum Gasteiger partial charge on any atom is 0.338 e. The number of benzene rings is 2. The molecule has 3 rings (SSSR count). The Balaban J connectivity index is 1.60. The van der Waals surface area contributed by atoms with E-state index in [1.807, 2.05) is 18.2 Å². The highest BCUT2D eigenvalue weighted by molar-refractivity contribution is 8.15. The van der Waals surface area contributed by atoms with Crippen LogP contribution in [0, 0.1) is 0 Å². The number of carbonyl (C=O) groups excluding carboxylic acids is 2. The molecule has 1 N–H and O–H groups in total. The Kier molecular flexibility index (Phi) is 7.66. The fourth-order valence-electron chi connectivity index (χ4n) is 2.87. The molecule has 2 aromatic rings. The third-order valence-electron chi connectivity index (χ3n) is 4.43. The van der Waals surface area contributed by atoms with Crippen LogP contribution < -0.4 is 14.8 Å². The molecular formula is C22H23N3O5S. The molecule has 0 unspecified atom stereocenters. The van der Waals surface area contributed by atoms with Gasteiger partial charge in [0.05, 0.1) is 37.9 Å². The van der Waals surface area contributed by atoms with E-state index in [4.69, 9.17) is 14.2 Å². The highest BCUT2D eigenvalue weighted by Crippen LogP contribution is 2.27. The van der Waals surface area contributed by atoms with E-state index in [1.165, 1.54) is 11.8 Å². The Morgan fingerprint density at radius 3 is 2.55 bits per heavy atom. The fraction of sp³-hybridized carbons (Fsp3) is 0.273. The van der Waals surface area contributed by atoms with Crippen LogP contribution in [-0.4, -0.2) is 49.3 Å². The number of nitrogens with zero attached hydrogens (tertiary/aromatic N) is 2. The molecule has 1 atom stereocenters. The fourth-order valence-corrected chi connectivity index (χ4v) is 3.84. The number of methoxy groups -OCH3 is 2. The topological polar surface area (TPSA) is 98.6 Å². The molecule has 1 aliphatic rings. The summed E-state index contributed by atoms with van der Waals surface area (Å²) in [6.45, 7) is 2.09. The van der Waals surface area contributed by atoms with Crippen molar-refractivity contribution in [2.45, 2.75) is 18.6 Å². The summed E-state index contributed by atoms with van der Waals surface area (Å²) in [6, 6.07) is 12.4. The van der Waals surface area contributed by atoms with Crippen molar-refractivity contribution in [3.05, 3.63) is 59.2 Å². The van der Waals surface area contributed by atoms with E-state index in [2.05, 4.69) is 15.5 Å². The second-order valence-electron chi connectivity index (χ2n) is 6.48. The van der Waals surface area contributed by atoms with Crippen LogP contribution in [0.5, 0.6) is 11.5 Å². The van der Waals surface area contributed by atoms with Crippen molar-refractivity contribution < 1.29 is 23.8 Å². The molecular weight excluding hydrogens is 418 g/mol. The first kappa shape index (κ1) is 22.4. The van der Waals surface area contributed by atoms with Gasteiger partial charge in [-0.05, 0) is 54.8 Å². The highest BCUT2D eigenvalue weighted by atomic mass is 32.2. The average molecular weight is 442 g/mol. The van der Waals surface area contributed by atoms with Crippen molar-refractivity contribution in [3.8, 4) is 11.5 Å². The first-order chi connectivity index (χ1) is 15.0. The monoisotopic (exact) mass is 441 g/mol. The van der Waals surface area contributed by atoms with E-state index in [0.717, 1.165) is 11.1 Å².